The zero-order valence-electron chi connectivity index (χ0n) is 8.64. The molecule has 5 nitrogen and oxygen atoms in total. The van der Waals surface area contributed by atoms with E-state index in [0.29, 0.717) is 6.42 Å². The minimum absolute atomic E-state index is 0.0697. The summed E-state index contributed by atoms with van der Waals surface area (Å²) >= 11 is 0. The Kier molecular flexibility index (Phi) is 7.65. The molecule has 0 fully saturated rings. The quantitative estimate of drug-likeness (QED) is 0.562. The number of aliphatic hydroxyl groups is 1. The topological polar surface area (TPSA) is 70.6 Å². The van der Waals surface area contributed by atoms with Crippen molar-refractivity contribution in [3.63, 3.8) is 0 Å². The highest BCUT2D eigenvalue weighted by atomic mass is 19.4. The molecule has 0 aliphatic heterocycles. The number of halogens is 3. The van der Waals surface area contributed by atoms with Gasteiger partial charge in [0.1, 0.15) is 6.61 Å². The molecule has 3 N–H and O–H groups in total. The van der Waals surface area contributed by atoms with Gasteiger partial charge in [0.05, 0.1) is 6.61 Å². The lowest BCUT2D eigenvalue weighted by Crippen LogP contribution is -2.37. The number of rotatable bonds is 7. The monoisotopic (exact) mass is 244 g/mol. The van der Waals surface area contributed by atoms with Crippen molar-refractivity contribution < 1.29 is 27.8 Å². The standard InChI is InChI=1S/C8H15F3N2O3/c9-8(10,11)6-16-5-1-2-12-7(15)13-3-4-14/h14H,1-6H2,(H2,12,13,15). The Morgan fingerprint density at radius 3 is 2.44 bits per heavy atom. The molecule has 8 heteroatoms. The average molecular weight is 244 g/mol. The third-order valence-electron chi connectivity index (χ3n) is 1.41. The maximum absolute atomic E-state index is 11.6. The van der Waals surface area contributed by atoms with E-state index in [1.54, 1.807) is 0 Å². The smallest absolute Gasteiger partial charge is 0.395 e. The molecular weight excluding hydrogens is 229 g/mol. The number of carbonyl (C=O) groups excluding carboxylic acids is 1. The summed E-state index contributed by atoms with van der Waals surface area (Å²) in [6.45, 7) is -1.16. The molecule has 0 atom stereocenters. The predicted molar refractivity (Wildman–Crippen MR) is 50.0 cm³/mol. The fourth-order valence-corrected chi connectivity index (χ4v) is 0.796. The van der Waals surface area contributed by atoms with Gasteiger partial charge in [-0.2, -0.15) is 13.2 Å². The summed E-state index contributed by atoms with van der Waals surface area (Å²) < 4.78 is 39.1. The number of ether oxygens (including phenoxy) is 1. The Bertz CT molecular complexity index is 199. The number of alkyl halides is 3. The summed E-state index contributed by atoms with van der Waals surface area (Å²) in [5.41, 5.74) is 0. The summed E-state index contributed by atoms with van der Waals surface area (Å²) in [6.07, 6.45) is -4.02. The number of amides is 2. The lowest BCUT2D eigenvalue weighted by molar-refractivity contribution is -0.173. The van der Waals surface area contributed by atoms with Gasteiger partial charge < -0.3 is 20.5 Å². The van der Waals surface area contributed by atoms with Crippen LogP contribution in [-0.2, 0) is 4.74 Å². The van der Waals surface area contributed by atoms with Gasteiger partial charge in [0.25, 0.3) is 0 Å². The second kappa shape index (κ2) is 8.17. The molecule has 0 radical (unpaired) electrons. The molecule has 0 rings (SSSR count). The zero-order valence-corrected chi connectivity index (χ0v) is 8.64. The molecule has 16 heavy (non-hydrogen) atoms. The highest BCUT2D eigenvalue weighted by Gasteiger charge is 2.27. The third-order valence-corrected chi connectivity index (χ3v) is 1.41. The van der Waals surface area contributed by atoms with E-state index in [1.807, 2.05) is 0 Å². The number of hydrogen-bond acceptors (Lipinski definition) is 3. The van der Waals surface area contributed by atoms with Crippen molar-refractivity contribution in [3.05, 3.63) is 0 Å². The summed E-state index contributed by atoms with van der Waals surface area (Å²) in [5, 5.41) is 13.1. The molecule has 2 amide bonds. The van der Waals surface area contributed by atoms with Gasteiger partial charge in [-0.15, -0.1) is 0 Å². The number of aliphatic hydroxyl groups excluding tert-OH is 1. The lowest BCUT2D eigenvalue weighted by atomic mass is 10.4. The van der Waals surface area contributed by atoms with E-state index in [1.165, 1.54) is 0 Å². The van der Waals surface area contributed by atoms with Gasteiger partial charge >= 0.3 is 12.2 Å². The van der Waals surface area contributed by atoms with E-state index >= 15 is 0 Å². The Morgan fingerprint density at radius 2 is 1.88 bits per heavy atom. The van der Waals surface area contributed by atoms with E-state index in [-0.39, 0.29) is 26.3 Å². The number of hydrogen-bond donors (Lipinski definition) is 3. The fourth-order valence-electron chi connectivity index (χ4n) is 0.796. The molecule has 0 spiro atoms. The molecule has 0 heterocycles. The van der Waals surface area contributed by atoms with Crippen LogP contribution >= 0.6 is 0 Å². The normalized spacial score (nSPS) is 11.2. The van der Waals surface area contributed by atoms with Crippen LogP contribution in [0.4, 0.5) is 18.0 Å². The largest absolute Gasteiger partial charge is 0.411 e. The van der Waals surface area contributed by atoms with Crippen LogP contribution in [-0.4, -0.2) is 50.2 Å². The minimum Gasteiger partial charge on any atom is -0.395 e. The molecule has 0 aromatic carbocycles. The average Bonchev–Trinajstić information content (AvgIpc) is 2.18. The number of nitrogens with one attached hydrogen (secondary N) is 2. The van der Waals surface area contributed by atoms with Gasteiger partial charge in [0.2, 0.25) is 0 Å². The molecule has 0 saturated heterocycles. The summed E-state index contributed by atoms with van der Waals surface area (Å²) in [5.74, 6) is 0. The second-order valence-electron chi connectivity index (χ2n) is 2.93. The van der Waals surface area contributed by atoms with Gasteiger partial charge in [0.15, 0.2) is 0 Å². The van der Waals surface area contributed by atoms with Gasteiger partial charge in [-0.3, -0.25) is 0 Å². The maximum atomic E-state index is 11.6. The van der Waals surface area contributed by atoms with Crippen LogP contribution in [0.1, 0.15) is 6.42 Å². The van der Waals surface area contributed by atoms with Crippen LogP contribution in [0.2, 0.25) is 0 Å². The predicted octanol–water partition coefficient (Wildman–Crippen LogP) is 0.247. The molecule has 0 unspecified atom stereocenters. The van der Waals surface area contributed by atoms with Crippen LogP contribution in [0.15, 0.2) is 0 Å². The molecule has 0 saturated carbocycles. The zero-order chi connectivity index (χ0) is 12.4. The second-order valence-corrected chi connectivity index (χ2v) is 2.93. The highest BCUT2D eigenvalue weighted by Crippen LogP contribution is 2.14. The van der Waals surface area contributed by atoms with Crippen molar-refractivity contribution in [2.45, 2.75) is 12.6 Å². The Balaban J connectivity index is 3.24. The molecular formula is C8H15F3N2O3. The van der Waals surface area contributed by atoms with Crippen molar-refractivity contribution in [3.8, 4) is 0 Å². The first-order valence-corrected chi connectivity index (χ1v) is 4.73. The van der Waals surface area contributed by atoms with E-state index in [0.717, 1.165) is 0 Å². The summed E-state index contributed by atoms with van der Waals surface area (Å²) in [7, 11) is 0. The van der Waals surface area contributed by atoms with Crippen molar-refractivity contribution in [2.24, 2.45) is 0 Å². The van der Waals surface area contributed by atoms with Crippen LogP contribution in [0.25, 0.3) is 0 Å². The molecule has 0 aliphatic carbocycles. The first-order valence-electron chi connectivity index (χ1n) is 4.73. The van der Waals surface area contributed by atoms with E-state index in [4.69, 9.17) is 5.11 Å². The van der Waals surface area contributed by atoms with Gasteiger partial charge in [-0.25, -0.2) is 4.79 Å². The van der Waals surface area contributed by atoms with E-state index < -0.39 is 18.8 Å². The molecule has 96 valence electrons. The molecule has 0 aromatic rings. The Labute approximate surface area is 91.0 Å². The number of carbonyl (C=O) groups is 1. The summed E-state index contributed by atoms with van der Waals surface area (Å²) in [6, 6.07) is -0.468. The first-order chi connectivity index (χ1) is 7.45. The van der Waals surface area contributed by atoms with Crippen LogP contribution in [0.5, 0.6) is 0 Å². The molecule has 0 aliphatic rings. The minimum atomic E-state index is -4.31. The van der Waals surface area contributed by atoms with Crippen LogP contribution < -0.4 is 10.6 Å². The summed E-state index contributed by atoms with van der Waals surface area (Å²) in [4.78, 5) is 10.8. The van der Waals surface area contributed by atoms with Crippen molar-refractivity contribution >= 4 is 6.03 Å². The van der Waals surface area contributed by atoms with Crippen molar-refractivity contribution in [2.75, 3.05) is 32.9 Å². The van der Waals surface area contributed by atoms with Crippen molar-refractivity contribution in [1.29, 1.82) is 0 Å². The Hall–Kier alpha value is -1.02. The maximum Gasteiger partial charge on any atom is 0.411 e. The fraction of sp³-hybridized carbons (Fsp3) is 0.875. The molecule has 0 bridgehead atoms. The Morgan fingerprint density at radius 1 is 1.25 bits per heavy atom. The van der Waals surface area contributed by atoms with Crippen LogP contribution in [0.3, 0.4) is 0 Å². The first kappa shape index (κ1) is 15.0. The van der Waals surface area contributed by atoms with Gasteiger partial charge in [-0.05, 0) is 6.42 Å². The lowest BCUT2D eigenvalue weighted by Gasteiger charge is -2.08. The van der Waals surface area contributed by atoms with Crippen LogP contribution in [0, 0.1) is 0 Å². The highest BCUT2D eigenvalue weighted by molar-refractivity contribution is 5.73. The van der Waals surface area contributed by atoms with Gasteiger partial charge in [-0.1, -0.05) is 0 Å². The SMILES string of the molecule is O=C(NCCO)NCCCOCC(F)(F)F. The van der Waals surface area contributed by atoms with E-state index in [9.17, 15) is 18.0 Å². The van der Waals surface area contributed by atoms with Crippen molar-refractivity contribution in [1.82, 2.24) is 10.6 Å². The third kappa shape index (κ3) is 11.1. The van der Waals surface area contributed by atoms with E-state index in [2.05, 4.69) is 15.4 Å². The van der Waals surface area contributed by atoms with Gasteiger partial charge in [0, 0.05) is 19.7 Å². The number of urea groups is 1. The molecule has 0 aromatic heterocycles.